The molecular formula is C19H37N. The third kappa shape index (κ3) is 4.48. The first-order valence-electron chi connectivity index (χ1n) is 9.08. The first-order chi connectivity index (χ1) is 9.35. The lowest BCUT2D eigenvalue weighted by molar-refractivity contribution is 0.0674. The molecule has 0 spiro atoms. The zero-order chi connectivity index (χ0) is 14.8. The van der Waals surface area contributed by atoms with Gasteiger partial charge in [0.1, 0.15) is 0 Å². The number of nitrogens with one attached hydrogen (secondary N) is 1. The maximum atomic E-state index is 3.85. The molecule has 0 aromatic heterocycles. The van der Waals surface area contributed by atoms with Gasteiger partial charge >= 0.3 is 0 Å². The highest BCUT2D eigenvalue weighted by molar-refractivity contribution is 4.93. The van der Waals surface area contributed by atoms with Gasteiger partial charge in [-0.3, -0.25) is 0 Å². The fraction of sp³-hybridized carbons (Fsp3) is 1.00. The summed E-state index contributed by atoms with van der Waals surface area (Å²) in [5.41, 5.74) is 1.12. The SMILES string of the molecule is CCC(C)CC1(CNC2CC2)CCC(C(C)(C)C)CC1. The van der Waals surface area contributed by atoms with E-state index in [0.29, 0.717) is 10.8 Å². The van der Waals surface area contributed by atoms with Gasteiger partial charge in [-0.05, 0) is 67.6 Å². The second-order valence-corrected chi connectivity index (χ2v) is 9.01. The van der Waals surface area contributed by atoms with Crippen LogP contribution in [0.1, 0.15) is 86.0 Å². The largest absolute Gasteiger partial charge is 0.313 e. The highest BCUT2D eigenvalue weighted by Gasteiger charge is 2.39. The van der Waals surface area contributed by atoms with Crippen molar-refractivity contribution in [3.63, 3.8) is 0 Å². The number of rotatable bonds is 6. The van der Waals surface area contributed by atoms with Gasteiger partial charge in [-0.25, -0.2) is 0 Å². The highest BCUT2D eigenvalue weighted by atomic mass is 15.0. The summed E-state index contributed by atoms with van der Waals surface area (Å²) in [7, 11) is 0. The predicted molar refractivity (Wildman–Crippen MR) is 88.9 cm³/mol. The summed E-state index contributed by atoms with van der Waals surface area (Å²) >= 11 is 0. The van der Waals surface area contributed by atoms with Crippen LogP contribution >= 0.6 is 0 Å². The normalized spacial score (nSPS) is 33.1. The first kappa shape index (κ1) is 16.3. The summed E-state index contributed by atoms with van der Waals surface area (Å²) in [4.78, 5) is 0. The van der Waals surface area contributed by atoms with Gasteiger partial charge in [0.25, 0.3) is 0 Å². The molecule has 1 N–H and O–H groups in total. The van der Waals surface area contributed by atoms with Crippen molar-refractivity contribution < 1.29 is 0 Å². The molecule has 2 rings (SSSR count). The van der Waals surface area contributed by atoms with Crippen molar-refractivity contribution in [2.45, 2.75) is 92.0 Å². The van der Waals surface area contributed by atoms with Crippen LogP contribution in [-0.4, -0.2) is 12.6 Å². The van der Waals surface area contributed by atoms with Crippen molar-refractivity contribution in [1.29, 1.82) is 0 Å². The average molecular weight is 280 g/mol. The van der Waals surface area contributed by atoms with Crippen LogP contribution < -0.4 is 5.32 Å². The number of hydrogen-bond acceptors (Lipinski definition) is 1. The predicted octanol–water partition coefficient (Wildman–Crippen LogP) is 5.40. The van der Waals surface area contributed by atoms with Crippen molar-refractivity contribution in [2.24, 2.45) is 22.7 Å². The minimum Gasteiger partial charge on any atom is -0.313 e. The molecule has 2 fully saturated rings. The zero-order valence-electron chi connectivity index (χ0n) is 14.6. The molecule has 0 saturated heterocycles. The Kier molecular flexibility index (Phi) is 5.21. The minimum atomic E-state index is 0.506. The zero-order valence-corrected chi connectivity index (χ0v) is 14.6. The fourth-order valence-corrected chi connectivity index (χ4v) is 4.08. The molecule has 2 saturated carbocycles. The molecule has 0 amide bonds. The molecule has 118 valence electrons. The van der Waals surface area contributed by atoms with Gasteiger partial charge in [0.05, 0.1) is 0 Å². The van der Waals surface area contributed by atoms with Crippen LogP contribution in [0.2, 0.25) is 0 Å². The molecule has 1 atom stereocenters. The van der Waals surface area contributed by atoms with Gasteiger partial charge in [0.15, 0.2) is 0 Å². The van der Waals surface area contributed by atoms with Crippen LogP contribution in [0, 0.1) is 22.7 Å². The van der Waals surface area contributed by atoms with E-state index in [-0.39, 0.29) is 0 Å². The lowest BCUT2D eigenvalue weighted by Crippen LogP contribution is -2.41. The van der Waals surface area contributed by atoms with E-state index in [4.69, 9.17) is 0 Å². The van der Waals surface area contributed by atoms with Crippen LogP contribution in [0.15, 0.2) is 0 Å². The molecule has 20 heavy (non-hydrogen) atoms. The van der Waals surface area contributed by atoms with Crippen molar-refractivity contribution in [2.75, 3.05) is 6.54 Å². The van der Waals surface area contributed by atoms with Gasteiger partial charge < -0.3 is 5.32 Å². The van der Waals surface area contributed by atoms with E-state index in [2.05, 4.69) is 39.9 Å². The van der Waals surface area contributed by atoms with Crippen LogP contribution in [0.3, 0.4) is 0 Å². The number of hydrogen-bond donors (Lipinski definition) is 1. The van der Waals surface area contributed by atoms with Crippen LogP contribution in [-0.2, 0) is 0 Å². The maximum absolute atomic E-state index is 3.85. The Balaban J connectivity index is 1.93. The Hall–Kier alpha value is -0.0400. The summed E-state index contributed by atoms with van der Waals surface area (Å²) in [6.45, 7) is 13.4. The average Bonchev–Trinajstić information content (AvgIpc) is 3.20. The lowest BCUT2D eigenvalue weighted by atomic mass is 9.61. The smallest absolute Gasteiger partial charge is 0.00684 e. The quantitative estimate of drug-likeness (QED) is 0.686. The van der Waals surface area contributed by atoms with Crippen molar-refractivity contribution in [3.8, 4) is 0 Å². The van der Waals surface area contributed by atoms with E-state index in [1.165, 1.54) is 57.9 Å². The van der Waals surface area contributed by atoms with Crippen LogP contribution in [0.25, 0.3) is 0 Å². The van der Waals surface area contributed by atoms with Crippen LogP contribution in [0.4, 0.5) is 0 Å². The third-order valence-corrected chi connectivity index (χ3v) is 6.09. The van der Waals surface area contributed by atoms with E-state index >= 15 is 0 Å². The molecule has 0 aromatic carbocycles. The second-order valence-electron chi connectivity index (χ2n) is 9.01. The van der Waals surface area contributed by atoms with Crippen molar-refractivity contribution in [1.82, 2.24) is 5.32 Å². The summed E-state index contributed by atoms with van der Waals surface area (Å²) in [6.07, 6.45) is 11.4. The van der Waals surface area contributed by atoms with Gasteiger partial charge in [-0.1, -0.05) is 41.0 Å². The molecule has 2 aliphatic carbocycles. The molecule has 2 aliphatic rings. The van der Waals surface area contributed by atoms with Gasteiger partial charge in [-0.2, -0.15) is 0 Å². The Labute approximate surface area is 127 Å². The fourth-order valence-electron chi connectivity index (χ4n) is 4.08. The topological polar surface area (TPSA) is 12.0 Å². The van der Waals surface area contributed by atoms with Gasteiger partial charge in [0, 0.05) is 12.6 Å². The Bertz CT molecular complexity index is 289. The molecule has 1 nitrogen and oxygen atoms in total. The Morgan fingerprint density at radius 1 is 1.10 bits per heavy atom. The molecule has 0 radical (unpaired) electrons. The molecule has 1 heteroatoms. The summed E-state index contributed by atoms with van der Waals surface area (Å²) in [5.74, 6) is 1.83. The molecule has 0 aromatic rings. The monoisotopic (exact) mass is 279 g/mol. The Morgan fingerprint density at radius 2 is 1.70 bits per heavy atom. The summed E-state index contributed by atoms with van der Waals surface area (Å²) in [5, 5.41) is 3.85. The summed E-state index contributed by atoms with van der Waals surface area (Å²) in [6, 6.07) is 0.865. The second kappa shape index (κ2) is 6.38. The third-order valence-electron chi connectivity index (χ3n) is 6.09. The molecule has 0 heterocycles. The molecule has 0 bridgehead atoms. The van der Waals surface area contributed by atoms with Gasteiger partial charge in [-0.15, -0.1) is 0 Å². The van der Waals surface area contributed by atoms with Crippen molar-refractivity contribution >= 4 is 0 Å². The minimum absolute atomic E-state index is 0.506. The standard InChI is InChI=1S/C19H37N/c1-6-15(2)13-19(14-20-17-7-8-17)11-9-16(10-12-19)18(3,4)5/h15-17,20H,6-14H2,1-5H3. The first-order valence-corrected chi connectivity index (χ1v) is 9.08. The molecule has 1 unspecified atom stereocenters. The van der Waals surface area contributed by atoms with Gasteiger partial charge in [0.2, 0.25) is 0 Å². The summed E-state index contributed by atoms with van der Waals surface area (Å²) < 4.78 is 0. The van der Waals surface area contributed by atoms with E-state index in [0.717, 1.165) is 17.9 Å². The van der Waals surface area contributed by atoms with Crippen molar-refractivity contribution in [3.05, 3.63) is 0 Å². The van der Waals surface area contributed by atoms with E-state index in [9.17, 15) is 0 Å². The highest BCUT2D eigenvalue weighted by Crippen LogP contribution is 2.48. The van der Waals surface area contributed by atoms with E-state index in [1.54, 1.807) is 0 Å². The van der Waals surface area contributed by atoms with Crippen LogP contribution in [0.5, 0.6) is 0 Å². The molecular weight excluding hydrogens is 242 g/mol. The lowest BCUT2D eigenvalue weighted by Gasteiger charge is -2.45. The van der Waals surface area contributed by atoms with E-state index in [1.807, 2.05) is 0 Å². The van der Waals surface area contributed by atoms with E-state index < -0.39 is 0 Å². The maximum Gasteiger partial charge on any atom is 0.00684 e. The molecule has 0 aliphatic heterocycles. The Morgan fingerprint density at radius 3 is 2.15 bits per heavy atom.